The van der Waals surface area contributed by atoms with Gasteiger partial charge in [0, 0.05) is 43.4 Å². The van der Waals surface area contributed by atoms with Gasteiger partial charge in [0.2, 0.25) is 5.91 Å². The van der Waals surface area contributed by atoms with Crippen molar-refractivity contribution in [3.05, 3.63) is 36.0 Å². The molecule has 4 heterocycles. The van der Waals surface area contributed by atoms with Crippen molar-refractivity contribution >= 4 is 16.8 Å². The fourth-order valence-electron chi connectivity index (χ4n) is 5.10. The molecule has 3 atom stereocenters. The Morgan fingerprint density at radius 3 is 2.90 bits per heavy atom. The molecular formula is C22H31N5O2. The zero-order valence-corrected chi connectivity index (χ0v) is 16.9. The van der Waals surface area contributed by atoms with Crippen LogP contribution in [0.15, 0.2) is 30.5 Å². The van der Waals surface area contributed by atoms with Gasteiger partial charge in [0.1, 0.15) is 6.04 Å². The summed E-state index contributed by atoms with van der Waals surface area (Å²) in [5.41, 5.74) is 9.30. The van der Waals surface area contributed by atoms with E-state index in [0.29, 0.717) is 38.4 Å². The van der Waals surface area contributed by atoms with Crippen molar-refractivity contribution in [1.29, 1.82) is 0 Å². The smallest absolute Gasteiger partial charge is 0.241 e. The molecule has 5 rings (SSSR count). The van der Waals surface area contributed by atoms with Gasteiger partial charge in [-0.2, -0.15) is 0 Å². The molecule has 7 nitrogen and oxygen atoms in total. The van der Waals surface area contributed by atoms with E-state index in [1.807, 2.05) is 11.1 Å². The van der Waals surface area contributed by atoms with Crippen LogP contribution in [0.1, 0.15) is 31.2 Å². The highest BCUT2D eigenvalue weighted by atomic mass is 16.5. The Morgan fingerprint density at radius 2 is 2.00 bits per heavy atom. The van der Waals surface area contributed by atoms with Gasteiger partial charge in [-0.25, -0.2) is 5.43 Å². The third kappa shape index (κ3) is 4.05. The number of amides is 1. The van der Waals surface area contributed by atoms with Crippen LogP contribution < -0.4 is 10.9 Å². The molecule has 3 fully saturated rings. The number of hydrogen-bond donors (Lipinski definition) is 3. The maximum atomic E-state index is 12.9. The summed E-state index contributed by atoms with van der Waals surface area (Å²) in [6.07, 6.45) is 6.55. The Bertz CT molecular complexity index is 847. The number of hydrazine groups is 1. The first-order valence-corrected chi connectivity index (χ1v) is 11.0. The number of nitrogens with one attached hydrogen (secondary N) is 3. The fourth-order valence-corrected chi connectivity index (χ4v) is 5.10. The van der Waals surface area contributed by atoms with Crippen molar-refractivity contribution in [2.75, 3.05) is 32.8 Å². The zero-order chi connectivity index (χ0) is 19.6. The standard InChI is InChI=1S/C22H31N5O2/c28-22(26-9-11-29-12-10-26)20-14-19(24-25-20)21-3-1-2-8-27(21)15-16-4-5-18-17(13-16)6-7-23-18/h4-7,13,19-21,23-25H,1-3,8-12,14-15H2. The minimum absolute atomic E-state index is 0.127. The lowest BCUT2D eigenvalue weighted by Gasteiger charge is -2.39. The number of aromatic amines is 1. The Morgan fingerprint density at radius 1 is 1.10 bits per heavy atom. The molecule has 156 valence electrons. The summed E-state index contributed by atoms with van der Waals surface area (Å²) in [7, 11) is 0. The molecule has 3 aliphatic rings. The van der Waals surface area contributed by atoms with E-state index in [2.05, 4.69) is 45.0 Å². The van der Waals surface area contributed by atoms with Crippen LogP contribution in [0.25, 0.3) is 10.9 Å². The Hall–Kier alpha value is -1.93. The molecule has 1 amide bonds. The molecule has 3 N–H and O–H groups in total. The van der Waals surface area contributed by atoms with Gasteiger partial charge >= 0.3 is 0 Å². The maximum absolute atomic E-state index is 12.9. The van der Waals surface area contributed by atoms with Crippen molar-refractivity contribution in [1.82, 2.24) is 25.6 Å². The largest absolute Gasteiger partial charge is 0.378 e. The van der Waals surface area contributed by atoms with E-state index in [0.717, 1.165) is 19.5 Å². The van der Waals surface area contributed by atoms with E-state index in [9.17, 15) is 4.79 Å². The van der Waals surface area contributed by atoms with E-state index >= 15 is 0 Å². The van der Waals surface area contributed by atoms with E-state index in [-0.39, 0.29) is 11.9 Å². The molecule has 29 heavy (non-hydrogen) atoms. The van der Waals surface area contributed by atoms with Crippen LogP contribution >= 0.6 is 0 Å². The summed E-state index contributed by atoms with van der Waals surface area (Å²) in [4.78, 5) is 20.7. The lowest BCUT2D eigenvalue weighted by Crippen LogP contribution is -2.51. The summed E-state index contributed by atoms with van der Waals surface area (Å²) >= 11 is 0. The summed E-state index contributed by atoms with van der Waals surface area (Å²) in [6.45, 7) is 4.80. The number of carbonyl (C=O) groups is 1. The Kier molecular flexibility index (Phi) is 5.54. The van der Waals surface area contributed by atoms with Crippen LogP contribution in [0.3, 0.4) is 0 Å². The van der Waals surface area contributed by atoms with Crippen LogP contribution in [0.5, 0.6) is 0 Å². The first-order chi connectivity index (χ1) is 14.3. The normalized spacial score (nSPS) is 28.8. The average Bonchev–Trinajstić information content (AvgIpc) is 3.44. The topological polar surface area (TPSA) is 72.6 Å². The Labute approximate surface area is 171 Å². The number of H-pyrrole nitrogens is 1. The molecule has 7 heteroatoms. The highest BCUT2D eigenvalue weighted by molar-refractivity contribution is 5.82. The predicted octanol–water partition coefficient (Wildman–Crippen LogP) is 1.62. The minimum atomic E-state index is -0.127. The number of piperidine rings is 1. The predicted molar refractivity (Wildman–Crippen MR) is 112 cm³/mol. The number of nitrogens with zero attached hydrogens (tertiary/aromatic N) is 2. The van der Waals surface area contributed by atoms with Gasteiger partial charge < -0.3 is 14.6 Å². The van der Waals surface area contributed by atoms with Crippen molar-refractivity contribution in [3.8, 4) is 0 Å². The van der Waals surface area contributed by atoms with E-state index < -0.39 is 0 Å². The summed E-state index contributed by atoms with van der Waals surface area (Å²) in [6, 6.07) is 9.48. The second kappa shape index (κ2) is 8.44. The van der Waals surface area contributed by atoms with E-state index in [1.165, 1.54) is 35.7 Å². The first-order valence-electron chi connectivity index (χ1n) is 11.0. The summed E-state index contributed by atoms with van der Waals surface area (Å²) in [5.74, 6) is 0.212. The molecule has 0 radical (unpaired) electrons. The second-order valence-electron chi connectivity index (χ2n) is 8.55. The highest BCUT2D eigenvalue weighted by Gasteiger charge is 2.39. The quantitative estimate of drug-likeness (QED) is 0.731. The number of aromatic nitrogens is 1. The highest BCUT2D eigenvalue weighted by Crippen LogP contribution is 2.27. The number of rotatable bonds is 4. The summed E-state index contributed by atoms with van der Waals surface area (Å²) < 4.78 is 5.38. The monoisotopic (exact) mass is 397 g/mol. The van der Waals surface area contributed by atoms with Crippen molar-refractivity contribution in [3.63, 3.8) is 0 Å². The van der Waals surface area contributed by atoms with Crippen LogP contribution in [0, 0.1) is 0 Å². The average molecular weight is 398 g/mol. The maximum Gasteiger partial charge on any atom is 0.241 e. The number of ether oxygens (including phenoxy) is 1. The number of morpholine rings is 1. The molecule has 1 aromatic heterocycles. The third-order valence-corrected chi connectivity index (χ3v) is 6.69. The van der Waals surface area contributed by atoms with Crippen molar-refractivity contribution < 1.29 is 9.53 Å². The van der Waals surface area contributed by atoms with Gasteiger partial charge in [0.15, 0.2) is 0 Å². The first kappa shape index (κ1) is 19.1. The van der Waals surface area contributed by atoms with E-state index in [4.69, 9.17) is 4.74 Å². The molecule has 3 saturated heterocycles. The third-order valence-electron chi connectivity index (χ3n) is 6.69. The van der Waals surface area contributed by atoms with Crippen molar-refractivity contribution in [2.24, 2.45) is 0 Å². The lowest BCUT2D eigenvalue weighted by atomic mass is 9.92. The molecule has 3 unspecified atom stereocenters. The second-order valence-corrected chi connectivity index (χ2v) is 8.55. The van der Waals surface area contributed by atoms with E-state index in [1.54, 1.807) is 0 Å². The number of benzene rings is 1. The molecular weight excluding hydrogens is 366 g/mol. The fraction of sp³-hybridized carbons (Fsp3) is 0.591. The van der Waals surface area contributed by atoms with Gasteiger partial charge in [-0.1, -0.05) is 12.5 Å². The summed E-state index contributed by atoms with van der Waals surface area (Å²) in [5, 5.41) is 1.27. The van der Waals surface area contributed by atoms with Crippen LogP contribution in [0.4, 0.5) is 0 Å². The molecule has 1 aromatic carbocycles. The molecule has 0 saturated carbocycles. The zero-order valence-electron chi connectivity index (χ0n) is 16.9. The SMILES string of the molecule is O=C(C1CC(C2CCCCN2Cc2ccc3[nH]ccc3c2)NN1)N1CCOCC1. The number of fused-ring (bicyclic) bond motifs is 1. The van der Waals surface area contributed by atoms with Crippen LogP contribution in [-0.4, -0.2) is 71.7 Å². The van der Waals surface area contributed by atoms with Gasteiger partial charge in [0.05, 0.1) is 13.2 Å². The number of hydrogen-bond acceptors (Lipinski definition) is 5. The molecule has 0 bridgehead atoms. The minimum Gasteiger partial charge on any atom is -0.378 e. The lowest BCUT2D eigenvalue weighted by molar-refractivity contribution is -0.137. The molecule has 2 aromatic rings. The van der Waals surface area contributed by atoms with Gasteiger partial charge in [-0.05, 0) is 55.0 Å². The van der Waals surface area contributed by atoms with Crippen LogP contribution in [-0.2, 0) is 16.1 Å². The molecule has 3 aliphatic heterocycles. The number of likely N-dealkylation sites (tertiary alicyclic amines) is 1. The Balaban J connectivity index is 1.24. The van der Waals surface area contributed by atoms with Gasteiger partial charge in [0.25, 0.3) is 0 Å². The van der Waals surface area contributed by atoms with Crippen LogP contribution in [0.2, 0.25) is 0 Å². The number of carbonyl (C=O) groups excluding carboxylic acids is 1. The molecule has 0 spiro atoms. The van der Waals surface area contributed by atoms with Crippen molar-refractivity contribution in [2.45, 2.75) is 50.4 Å². The van der Waals surface area contributed by atoms with Gasteiger partial charge in [-0.3, -0.25) is 15.1 Å². The molecule has 0 aliphatic carbocycles. The van der Waals surface area contributed by atoms with Gasteiger partial charge in [-0.15, -0.1) is 0 Å².